The van der Waals surface area contributed by atoms with E-state index < -0.39 is 6.67 Å². The standard InChI is InChI=1S/C13H16FNO.C10H20/c1-10(12-5-3-2-4-6-12)15-9-11(8-14)7-13(15)16;1-4-9(3)8-10(5-2)6-7-10/h2-6,10-11H,7-9H2,1H3;9H,4-8H2,1-3H3. The fourth-order valence-corrected chi connectivity index (χ4v) is 3.96. The number of benzene rings is 1. The first-order valence-corrected chi connectivity index (χ1v) is 10.3. The molecule has 0 N–H and O–H groups in total. The van der Waals surface area contributed by atoms with Gasteiger partial charge in [-0.25, -0.2) is 0 Å². The van der Waals surface area contributed by atoms with E-state index in [1.165, 1.54) is 32.1 Å². The van der Waals surface area contributed by atoms with Crippen molar-refractivity contribution in [2.24, 2.45) is 17.3 Å². The van der Waals surface area contributed by atoms with E-state index in [9.17, 15) is 9.18 Å². The second kappa shape index (κ2) is 9.53. The number of nitrogens with zero attached hydrogens (tertiary/aromatic N) is 1. The summed E-state index contributed by atoms with van der Waals surface area (Å²) in [6.45, 7) is 9.17. The number of carbonyl (C=O) groups is 1. The second-order valence-electron chi connectivity index (χ2n) is 8.43. The molecule has 1 heterocycles. The van der Waals surface area contributed by atoms with Gasteiger partial charge in [0.05, 0.1) is 12.7 Å². The lowest BCUT2D eigenvalue weighted by Crippen LogP contribution is -2.28. The van der Waals surface area contributed by atoms with Gasteiger partial charge in [0.1, 0.15) is 0 Å². The van der Waals surface area contributed by atoms with E-state index in [1.54, 1.807) is 4.90 Å². The zero-order valence-electron chi connectivity index (χ0n) is 17.0. The minimum absolute atomic E-state index is 0.0465. The molecule has 2 aliphatic rings. The first-order chi connectivity index (χ1) is 12.4. The Bertz CT molecular complexity index is 555. The summed E-state index contributed by atoms with van der Waals surface area (Å²) >= 11 is 0. The minimum Gasteiger partial charge on any atom is -0.336 e. The molecule has 1 aromatic carbocycles. The number of rotatable bonds is 7. The van der Waals surface area contributed by atoms with Gasteiger partial charge in [-0.05, 0) is 43.1 Å². The first kappa shape index (κ1) is 20.9. The monoisotopic (exact) mass is 361 g/mol. The normalized spacial score (nSPS) is 23.2. The number of amides is 1. The van der Waals surface area contributed by atoms with Crippen molar-refractivity contribution in [1.82, 2.24) is 4.90 Å². The summed E-state index contributed by atoms with van der Waals surface area (Å²) in [6, 6.07) is 9.91. The van der Waals surface area contributed by atoms with Crippen LogP contribution in [0.2, 0.25) is 0 Å². The number of halogens is 1. The predicted octanol–water partition coefficient (Wildman–Crippen LogP) is 6.18. The number of hydrogen-bond acceptors (Lipinski definition) is 1. The lowest BCUT2D eigenvalue weighted by Gasteiger charge is -2.25. The molecule has 1 saturated heterocycles. The van der Waals surface area contributed by atoms with Crippen LogP contribution in [0.15, 0.2) is 30.3 Å². The molecule has 3 atom stereocenters. The fraction of sp³-hybridized carbons (Fsp3) is 0.696. The zero-order chi connectivity index (χ0) is 19.2. The summed E-state index contributed by atoms with van der Waals surface area (Å²) in [5.74, 6) is 0.917. The Morgan fingerprint density at radius 3 is 2.31 bits per heavy atom. The van der Waals surface area contributed by atoms with E-state index >= 15 is 0 Å². The van der Waals surface area contributed by atoms with Crippen molar-refractivity contribution in [2.75, 3.05) is 13.2 Å². The van der Waals surface area contributed by atoms with Gasteiger partial charge in [-0.2, -0.15) is 0 Å². The maximum atomic E-state index is 12.5. The van der Waals surface area contributed by atoms with E-state index in [-0.39, 0.29) is 17.9 Å². The average Bonchev–Trinajstić information content (AvgIpc) is 3.35. The van der Waals surface area contributed by atoms with Crippen LogP contribution in [0.25, 0.3) is 0 Å². The van der Waals surface area contributed by atoms with Gasteiger partial charge in [-0.15, -0.1) is 0 Å². The van der Waals surface area contributed by atoms with Gasteiger partial charge >= 0.3 is 0 Å². The third kappa shape index (κ3) is 5.56. The van der Waals surface area contributed by atoms with Crippen LogP contribution < -0.4 is 0 Å². The van der Waals surface area contributed by atoms with Crippen LogP contribution in [0.5, 0.6) is 0 Å². The molecule has 0 aromatic heterocycles. The summed E-state index contributed by atoms with van der Waals surface area (Å²) in [5.41, 5.74) is 1.92. The molecule has 3 heteroatoms. The molecule has 0 radical (unpaired) electrons. The lowest BCUT2D eigenvalue weighted by atomic mass is 9.90. The Labute approximate surface area is 159 Å². The van der Waals surface area contributed by atoms with Gasteiger partial charge in [0.15, 0.2) is 0 Å². The highest BCUT2D eigenvalue weighted by Gasteiger charge is 2.40. The number of likely N-dealkylation sites (tertiary alicyclic amines) is 1. The predicted molar refractivity (Wildman–Crippen MR) is 107 cm³/mol. The van der Waals surface area contributed by atoms with E-state index in [0.717, 1.165) is 16.9 Å². The second-order valence-corrected chi connectivity index (χ2v) is 8.43. The Balaban J connectivity index is 0.000000209. The molecule has 1 aliphatic heterocycles. The molecule has 146 valence electrons. The average molecular weight is 362 g/mol. The molecule has 0 spiro atoms. The fourth-order valence-electron chi connectivity index (χ4n) is 3.96. The molecule has 1 saturated carbocycles. The molecule has 26 heavy (non-hydrogen) atoms. The highest BCUT2D eigenvalue weighted by atomic mass is 19.1. The topological polar surface area (TPSA) is 20.3 Å². The summed E-state index contributed by atoms with van der Waals surface area (Å²) in [5, 5.41) is 0. The van der Waals surface area contributed by atoms with Crippen LogP contribution >= 0.6 is 0 Å². The Morgan fingerprint density at radius 2 is 1.85 bits per heavy atom. The van der Waals surface area contributed by atoms with E-state index in [0.29, 0.717) is 13.0 Å². The molecule has 3 rings (SSSR count). The van der Waals surface area contributed by atoms with Crippen LogP contribution in [-0.4, -0.2) is 24.0 Å². The van der Waals surface area contributed by atoms with Crippen molar-refractivity contribution in [3.8, 4) is 0 Å². The van der Waals surface area contributed by atoms with E-state index in [1.807, 2.05) is 37.3 Å². The van der Waals surface area contributed by atoms with Gasteiger partial charge in [0.25, 0.3) is 0 Å². The van der Waals surface area contributed by atoms with Crippen molar-refractivity contribution < 1.29 is 9.18 Å². The lowest BCUT2D eigenvalue weighted by molar-refractivity contribution is -0.129. The third-order valence-electron chi connectivity index (χ3n) is 6.39. The van der Waals surface area contributed by atoms with Crippen molar-refractivity contribution in [3.63, 3.8) is 0 Å². The highest BCUT2D eigenvalue weighted by molar-refractivity contribution is 5.79. The Kier molecular flexibility index (Phi) is 7.67. The third-order valence-corrected chi connectivity index (χ3v) is 6.39. The summed E-state index contributed by atoms with van der Waals surface area (Å²) < 4.78 is 12.5. The van der Waals surface area contributed by atoms with Crippen LogP contribution in [-0.2, 0) is 4.79 Å². The van der Waals surface area contributed by atoms with Crippen molar-refractivity contribution in [2.45, 2.75) is 72.3 Å². The highest BCUT2D eigenvalue weighted by Crippen LogP contribution is 2.53. The molecule has 2 fully saturated rings. The quantitative estimate of drug-likeness (QED) is 0.568. The SMILES string of the molecule is CC(c1ccccc1)N1CC(CF)CC1=O.CCC(C)CC1(CC)CC1. The molecule has 1 amide bonds. The van der Waals surface area contributed by atoms with Gasteiger partial charge in [0.2, 0.25) is 5.91 Å². The molecular weight excluding hydrogens is 325 g/mol. The summed E-state index contributed by atoms with van der Waals surface area (Å²) in [6.07, 6.45) is 7.63. The van der Waals surface area contributed by atoms with Gasteiger partial charge in [-0.1, -0.05) is 63.9 Å². The van der Waals surface area contributed by atoms with Crippen LogP contribution in [0.3, 0.4) is 0 Å². The minimum atomic E-state index is -0.399. The van der Waals surface area contributed by atoms with Crippen molar-refractivity contribution in [1.29, 1.82) is 0 Å². The number of carbonyl (C=O) groups excluding carboxylic acids is 1. The smallest absolute Gasteiger partial charge is 0.223 e. The Morgan fingerprint density at radius 1 is 1.19 bits per heavy atom. The maximum absolute atomic E-state index is 12.5. The van der Waals surface area contributed by atoms with Crippen molar-refractivity contribution in [3.05, 3.63) is 35.9 Å². The zero-order valence-corrected chi connectivity index (χ0v) is 17.0. The molecule has 0 bridgehead atoms. The maximum Gasteiger partial charge on any atom is 0.223 e. The summed E-state index contributed by atoms with van der Waals surface area (Å²) in [4.78, 5) is 13.5. The number of hydrogen-bond donors (Lipinski definition) is 0. The number of alkyl halides is 1. The van der Waals surface area contributed by atoms with Crippen LogP contribution in [0.1, 0.15) is 77.8 Å². The van der Waals surface area contributed by atoms with Crippen LogP contribution in [0, 0.1) is 17.3 Å². The Hall–Kier alpha value is -1.38. The molecule has 2 nitrogen and oxygen atoms in total. The molecule has 1 aromatic rings. The molecule has 1 aliphatic carbocycles. The largest absolute Gasteiger partial charge is 0.336 e. The first-order valence-electron chi connectivity index (χ1n) is 10.3. The molecule has 3 unspecified atom stereocenters. The molecular formula is C23H36FNO. The van der Waals surface area contributed by atoms with Gasteiger partial charge < -0.3 is 4.90 Å². The summed E-state index contributed by atoms with van der Waals surface area (Å²) in [7, 11) is 0. The van der Waals surface area contributed by atoms with Crippen molar-refractivity contribution >= 4 is 5.91 Å². The van der Waals surface area contributed by atoms with E-state index in [4.69, 9.17) is 0 Å². The van der Waals surface area contributed by atoms with Crippen LogP contribution in [0.4, 0.5) is 4.39 Å². The van der Waals surface area contributed by atoms with Gasteiger partial charge in [-0.3, -0.25) is 9.18 Å². The van der Waals surface area contributed by atoms with E-state index in [2.05, 4.69) is 20.8 Å². The van der Waals surface area contributed by atoms with Gasteiger partial charge in [0, 0.05) is 18.9 Å².